The van der Waals surface area contributed by atoms with E-state index in [2.05, 4.69) is 16.2 Å². The average Bonchev–Trinajstić information content (AvgIpc) is 3.05. The number of aryl methyl sites for hydroxylation is 2. The number of amides is 1. The lowest BCUT2D eigenvalue weighted by molar-refractivity contribution is 0.0943. The number of hydrazine groups is 1. The van der Waals surface area contributed by atoms with Crippen molar-refractivity contribution in [1.82, 2.24) is 16.2 Å². The van der Waals surface area contributed by atoms with Crippen molar-refractivity contribution < 1.29 is 14.3 Å². The quantitative estimate of drug-likeness (QED) is 0.579. The Kier molecular flexibility index (Phi) is 5.04. The highest BCUT2D eigenvalue weighted by atomic mass is 32.1. The molecule has 0 bridgehead atoms. The zero-order valence-corrected chi connectivity index (χ0v) is 14.8. The van der Waals surface area contributed by atoms with E-state index in [0.29, 0.717) is 17.2 Å². The maximum atomic E-state index is 12.2. The van der Waals surface area contributed by atoms with Crippen molar-refractivity contribution in [3.8, 4) is 11.5 Å². The van der Waals surface area contributed by atoms with E-state index in [0.717, 1.165) is 28.2 Å². The minimum absolute atomic E-state index is 0.232. The summed E-state index contributed by atoms with van der Waals surface area (Å²) in [6.45, 7) is 4.64. The Balaban J connectivity index is 1.48. The van der Waals surface area contributed by atoms with Crippen molar-refractivity contribution in [3.63, 3.8) is 0 Å². The number of nitrogens with one attached hydrogen (secondary N) is 3. The third kappa shape index (κ3) is 4.19. The van der Waals surface area contributed by atoms with Crippen LogP contribution in [0, 0.1) is 13.8 Å². The lowest BCUT2D eigenvalue weighted by Crippen LogP contribution is -2.46. The van der Waals surface area contributed by atoms with Crippen molar-refractivity contribution >= 4 is 23.2 Å². The molecule has 25 heavy (non-hydrogen) atoms. The number of ether oxygens (including phenoxy) is 2. The number of carbonyl (C=O) groups excluding carboxylic acids is 1. The van der Waals surface area contributed by atoms with E-state index in [9.17, 15) is 4.79 Å². The lowest BCUT2D eigenvalue weighted by Gasteiger charge is -2.13. The minimum Gasteiger partial charge on any atom is -0.454 e. The molecule has 0 radical (unpaired) electrons. The standard InChI is InChI=1S/C18H19N3O3S/c1-11-3-5-14(12(2)7-11)17(22)20-21-18(25)19-9-13-4-6-15-16(8-13)24-10-23-15/h3-8H,9-10H2,1-2H3,(H,20,22)(H2,19,21,25). The minimum atomic E-state index is -0.232. The molecule has 0 fully saturated rings. The highest BCUT2D eigenvalue weighted by molar-refractivity contribution is 7.80. The molecule has 0 aliphatic carbocycles. The molecular formula is C18H19N3O3S. The molecule has 1 aliphatic rings. The third-order valence-electron chi connectivity index (χ3n) is 3.81. The Morgan fingerprint density at radius 3 is 2.68 bits per heavy atom. The first-order chi connectivity index (χ1) is 12.0. The van der Waals surface area contributed by atoms with Crippen molar-refractivity contribution in [2.45, 2.75) is 20.4 Å². The SMILES string of the molecule is Cc1ccc(C(=O)NNC(=S)NCc2ccc3c(c2)OCO3)c(C)c1. The van der Waals surface area contributed by atoms with Crippen LogP contribution in [0.3, 0.4) is 0 Å². The Hall–Kier alpha value is -2.80. The Labute approximate surface area is 151 Å². The molecule has 0 aromatic heterocycles. The number of thiocarbonyl (C=S) groups is 1. The molecule has 0 spiro atoms. The second-order valence-corrected chi connectivity index (χ2v) is 6.18. The molecule has 3 N–H and O–H groups in total. The van der Waals surface area contributed by atoms with Gasteiger partial charge in [-0.25, -0.2) is 0 Å². The van der Waals surface area contributed by atoms with Crippen LogP contribution in [0.1, 0.15) is 27.0 Å². The van der Waals surface area contributed by atoms with Gasteiger partial charge in [0.05, 0.1) is 0 Å². The van der Waals surface area contributed by atoms with Crippen molar-refractivity contribution in [2.24, 2.45) is 0 Å². The first-order valence-electron chi connectivity index (χ1n) is 7.83. The molecule has 130 valence electrons. The smallest absolute Gasteiger partial charge is 0.269 e. The number of carbonyl (C=O) groups is 1. The van der Waals surface area contributed by atoms with Crippen molar-refractivity contribution in [2.75, 3.05) is 6.79 Å². The normalized spacial score (nSPS) is 11.8. The Bertz CT molecular complexity index is 823. The van der Waals surface area contributed by atoms with E-state index in [-0.39, 0.29) is 12.7 Å². The van der Waals surface area contributed by atoms with Gasteiger partial charge in [0.25, 0.3) is 5.91 Å². The van der Waals surface area contributed by atoms with E-state index < -0.39 is 0 Å². The van der Waals surface area contributed by atoms with E-state index >= 15 is 0 Å². The largest absolute Gasteiger partial charge is 0.454 e. The summed E-state index contributed by atoms with van der Waals surface area (Å²) in [5.41, 5.74) is 8.94. The van der Waals surface area contributed by atoms with Crippen molar-refractivity contribution in [1.29, 1.82) is 0 Å². The molecule has 1 amide bonds. The first kappa shape index (κ1) is 17.0. The molecular weight excluding hydrogens is 338 g/mol. The van der Waals surface area contributed by atoms with Gasteiger partial charge in [0.1, 0.15) is 0 Å². The number of benzene rings is 2. The fraction of sp³-hybridized carbons (Fsp3) is 0.222. The predicted molar refractivity (Wildman–Crippen MR) is 98.5 cm³/mol. The molecule has 0 saturated carbocycles. The van der Waals surface area contributed by atoms with Gasteiger partial charge in [-0.2, -0.15) is 0 Å². The van der Waals surface area contributed by atoms with Crippen molar-refractivity contribution in [3.05, 3.63) is 58.7 Å². The topological polar surface area (TPSA) is 71.6 Å². The third-order valence-corrected chi connectivity index (χ3v) is 4.05. The maximum absolute atomic E-state index is 12.2. The summed E-state index contributed by atoms with van der Waals surface area (Å²) in [5, 5.41) is 3.36. The van der Waals surface area contributed by atoms with Gasteiger partial charge in [-0.3, -0.25) is 15.6 Å². The molecule has 1 heterocycles. The van der Waals surface area contributed by atoms with Crippen LogP contribution in [0.25, 0.3) is 0 Å². The summed E-state index contributed by atoms with van der Waals surface area (Å²) in [6, 6.07) is 11.3. The molecule has 7 heteroatoms. The molecule has 6 nitrogen and oxygen atoms in total. The van der Waals surface area contributed by atoms with Gasteiger partial charge in [0.2, 0.25) is 6.79 Å². The van der Waals surface area contributed by atoms with Gasteiger partial charge in [0, 0.05) is 12.1 Å². The summed E-state index contributed by atoms with van der Waals surface area (Å²) in [4.78, 5) is 12.2. The first-order valence-corrected chi connectivity index (χ1v) is 8.24. The highest BCUT2D eigenvalue weighted by Crippen LogP contribution is 2.32. The van der Waals surface area contributed by atoms with E-state index in [1.165, 1.54) is 0 Å². The van der Waals surface area contributed by atoms with Gasteiger partial charge in [-0.1, -0.05) is 23.8 Å². The molecule has 2 aromatic rings. The van der Waals surface area contributed by atoms with Crippen LogP contribution < -0.4 is 25.6 Å². The molecule has 0 unspecified atom stereocenters. The van der Waals surface area contributed by atoms with Gasteiger partial charge in [0.15, 0.2) is 16.6 Å². The summed E-state index contributed by atoms with van der Waals surface area (Å²) < 4.78 is 10.6. The van der Waals surface area contributed by atoms with E-state index in [1.807, 2.05) is 44.2 Å². The van der Waals surface area contributed by atoms with Gasteiger partial charge >= 0.3 is 0 Å². The number of rotatable bonds is 3. The molecule has 0 atom stereocenters. The number of hydrogen-bond donors (Lipinski definition) is 3. The number of fused-ring (bicyclic) bond motifs is 1. The monoisotopic (exact) mass is 357 g/mol. The van der Waals surface area contributed by atoms with Crippen LogP contribution >= 0.6 is 12.2 Å². The fourth-order valence-electron chi connectivity index (χ4n) is 2.53. The summed E-state index contributed by atoms with van der Waals surface area (Å²) >= 11 is 5.18. The van der Waals surface area contributed by atoms with Crippen LogP contribution in [-0.2, 0) is 6.54 Å². The van der Waals surface area contributed by atoms with Crippen LogP contribution in [0.5, 0.6) is 11.5 Å². The van der Waals surface area contributed by atoms with Crippen LogP contribution in [0.2, 0.25) is 0 Å². The zero-order valence-electron chi connectivity index (χ0n) is 14.0. The predicted octanol–water partition coefficient (Wildman–Crippen LogP) is 2.34. The Morgan fingerprint density at radius 1 is 1.08 bits per heavy atom. The summed E-state index contributed by atoms with van der Waals surface area (Å²) in [6.07, 6.45) is 0. The zero-order chi connectivity index (χ0) is 17.8. The number of hydrogen-bond acceptors (Lipinski definition) is 4. The highest BCUT2D eigenvalue weighted by Gasteiger charge is 2.13. The van der Waals surface area contributed by atoms with Crippen LogP contribution in [0.15, 0.2) is 36.4 Å². The average molecular weight is 357 g/mol. The van der Waals surface area contributed by atoms with Gasteiger partial charge in [-0.15, -0.1) is 0 Å². The van der Waals surface area contributed by atoms with Crippen LogP contribution in [0.4, 0.5) is 0 Å². The van der Waals surface area contributed by atoms with E-state index in [1.54, 1.807) is 6.07 Å². The van der Waals surface area contributed by atoms with E-state index in [4.69, 9.17) is 21.7 Å². The fourth-order valence-corrected chi connectivity index (χ4v) is 2.65. The molecule has 0 saturated heterocycles. The van der Waals surface area contributed by atoms with Crippen LogP contribution in [-0.4, -0.2) is 17.8 Å². The maximum Gasteiger partial charge on any atom is 0.269 e. The second-order valence-electron chi connectivity index (χ2n) is 5.77. The Morgan fingerprint density at radius 2 is 1.88 bits per heavy atom. The van der Waals surface area contributed by atoms with Gasteiger partial charge < -0.3 is 14.8 Å². The second kappa shape index (κ2) is 7.40. The molecule has 2 aromatic carbocycles. The summed E-state index contributed by atoms with van der Waals surface area (Å²) in [5.74, 6) is 1.23. The molecule has 1 aliphatic heterocycles. The lowest BCUT2D eigenvalue weighted by atomic mass is 10.1. The molecule has 3 rings (SSSR count). The van der Waals surface area contributed by atoms with Gasteiger partial charge in [-0.05, 0) is 55.4 Å². The summed E-state index contributed by atoms with van der Waals surface area (Å²) in [7, 11) is 0.